The van der Waals surface area contributed by atoms with Crippen LogP contribution in [0.15, 0.2) is 18.2 Å². The Hall–Kier alpha value is -1.02. The van der Waals surface area contributed by atoms with Crippen molar-refractivity contribution in [2.75, 3.05) is 19.6 Å². The van der Waals surface area contributed by atoms with Crippen LogP contribution in [0, 0.1) is 13.8 Å². The molecule has 1 fully saturated rings. The van der Waals surface area contributed by atoms with Gasteiger partial charge in [-0.1, -0.05) is 13.0 Å². The smallest absolute Gasteiger partial charge is 0.120 e. The van der Waals surface area contributed by atoms with Crippen molar-refractivity contribution >= 4 is 0 Å². The first-order valence-electron chi connectivity index (χ1n) is 7.15. The molecule has 0 amide bonds. The Morgan fingerprint density at radius 2 is 1.89 bits per heavy atom. The van der Waals surface area contributed by atoms with Gasteiger partial charge in [0, 0.05) is 13.1 Å². The fraction of sp³-hybridized carbons (Fsp3) is 0.625. The fourth-order valence-corrected chi connectivity index (χ4v) is 2.55. The molecule has 0 atom stereocenters. The summed E-state index contributed by atoms with van der Waals surface area (Å²) in [7, 11) is 0. The second kappa shape index (κ2) is 6.24. The second-order valence-corrected chi connectivity index (χ2v) is 5.40. The van der Waals surface area contributed by atoms with E-state index in [0.717, 1.165) is 18.6 Å². The van der Waals surface area contributed by atoms with Crippen molar-refractivity contribution in [3.63, 3.8) is 0 Å². The Morgan fingerprint density at radius 3 is 2.50 bits per heavy atom. The molecule has 0 N–H and O–H groups in total. The number of piperidine rings is 1. The number of aryl methyl sites for hydroxylation is 2. The van der Waals surface area contributed by atoms with Crippen molar-refractivity contribution < 1.29 is 4.74 Å². The van der Waals surface area contributed by atoms with Crippen LogP contribution in [-0.2, 0) is 0 Å². The zero-order chi connectivity index (χ0) is 13.0. The van der Waals surface area contributed by atoms with E-state index >= 15 is 0 Å². The van der Waals surface area contributed by atoms with Crippen molar-refractivity contribution in [3.05, 3.63) is 29.3 Å². The molecule has 2 nitrogen and oxygen atoms in total. The third kappa shape index (κ3) is 3.49. The van der Waals surface area contributed by atoms with Crippen molar-refractivity contribution in [2.45, 2.75) is 46.1 Å². The maximum atomic E-state index is 6.09. The highest BCUT2D eigenvalue weighted by molar-refractivity contribution is 5.33. The number of likely N-dealkylation sites (tertiary alicyclic amines) is 1. The maximum absolute atomic E-state index is 6.09. The minimum Gasteiger partial charge on any atom is -0.490 e. The molecule has 0 bridgehead atoms. The van der Waals surface area contributed by atoms with Gasteiger partial charge in [0.1, 0.15) is 11.9 Å². The molecule has 100 valence electrons. The van der Waals surface area contributed by atoms with Crippen LogP contribution in [0.1, 0.15) is 37.3 Å². The van der Waals surface area contributed by atoms with Gasteiger partial charge < -0.3 is 9.64 Å². The maximum Gasteiger partial charge on any atom is 0.120 e. The van der Waals surface area contributed by atoms with Crippen LogP contribution in [0.25, 0.3) is 0 Å². The van der Waals surface area contributed by atoms with E-state index in [1.165, 1.54) is 37.2 Å². The van der Waals surface area contributed by atoms with Crippen molar-refractivity contribution in [1.82, 2.24) is 4.90 Å². The highest BCUT2D eigenvalue weighted by Gasteiger charge is 2.19. The minimum absolute atomic E-state index is 0.403. The standard InChI is InChI=1S/C16H25NO/c1-4-9-17-10-7-15(8-11-17)18-16-6-5-13(2)14(3)12-16/h5-6,12,15H,4,7-11H2,1-3H3. The van der Waals surface area contributed by atoms with Crippen LogP contribution in [0.5, 0.6) is 5.75 Å². The van der Waals surface area contributed by atoms with Gasteiger partial charge in [-0.25, -0.2) is 0 Å². The molecular weight excluding hydrogens is 222 g/mol. The molecule has 1 heterocycles. The van der Waals surface area contributed by atoms with E-state index in [2.05, 4.69) is 43.9 Å². The van der Waals surface area contributed by atoms with E-state index < -0.39 is 0 Å². The lowest BCUT2D eigenvalue weighted by Crippen LogP contribution is -2.38. The average Bonchev–Trinajstić information content (AvgIpc) is 2.37. The van der Waals surface area contributed by atoms with Gasteiger partial charge in [0.25, 0.3) is 0 Å². The number of nitrogens with zero attached hydrogens (tertiary/aromatic N) is 1. The molecule has 0 radical (unpaired) electrons. The highest BCUT2D eigenvalue weighted by Crippen LogP contribution is 2.21. The lowest BCUT2D eigenvalue weighted by Gasteiger charge is -2.31. The first kappa shape index (κ1) is 13.4. The summed E-state index contributed by atoms with van der Waals surface area (Å²) in [5, 5.41) is 0. The summed E-state index contributed by atoms with van der Waals surface area (Å²) in [6.45, 7) is 10.1. The molecule has 2 heteroatoms. The second-order valence-electron chi connectivity index (χ2n) is 5.40. The summed E-state index contributed by atoms with van der Waals surface area (Å²) in [6.07, 6.45) is 3.97. The highest BCUT2D eigenvalue weighted by atomic mass is 16.5. The fourth-order valence-electron chi connectivity index (χ4n) is 2.55. The number of rotatable bonds is 4. The quantitative estimate of drug-likeness (QED) is 0.806. The molecule has 0 aliphatic carbocycles. The van der Waals surface area contributed by atoms with Gasteiger partial charge in [0.15, 0.2) is 0 Å². The first-order chi connectivity index (χ1) is 8.69. The van der Waals surface area contributed by atoms with Gasteiger partial charge in [-0.15, -0.1) is 0 Å². The molecule has 0 saturated carbocycles. The van der Waals surface area contributed by atoms with Gasteiger partial charge in [0.05, 0.1) is 0 Å². The molecule has 18 heavy (non-hydrogen) atoms. The Kier molecular flexibility index (Phi) is 4.65. The SMILES string of the molecule is CCCN1CCC(Oc2ccc(C)c(C)c2)CC1. The monoisotopic (exact) mass is 247 g/mol. The van der Waals surface area contributed by atoms with Gasteiger partial charge in [-0.05, 0) is 62.9 Å². The van der Waals surface area contributed by atoms with Gasteiger partial charge in [-0.3, -0.25) is 0 Å². The van der Waals surface area contributed by atoms with Crippen LogP contribution < -0.4 is 4.74 Å². The lowest BCUT2D eigenvalue weighted by molar-refractivity contribution is 0.101. The zero-order valence-corrected chi connectivity index (χ0v) is 11.9. The molecular formula is C16H25NO. The Bertz CT molecular complexity index is 381. The van der Waals surface area contributed by atoms with Crippen LogP contribution in [0.3, 0.4) is 0 Å². The summed E-state index contributed by atoms with van der Waals surface area (Å²) in [5.41, 5.74) is 2.65. The van der Waals surface area contributed by atoms with Crippen LogP contribution >= 0.6 is 0 Å². The predicted molar refractivity (Wildman–Crippen MR) is 76.3 cm³/mol. The third-order valence-electron chi connectivity index (χ3n) is 3.86. The number of ether oxygens (including phenoxy) is 1. The van der Waals surface area contributed by atoms with Crippen molar-refractivity contribution in [1.29, 1.82) is 0 Å². The number of hydrogen-bond donors (Lipinski definition) is 0. The third-order valence-corrected chi connectivity index (χ3v) is 3.86. The predicted octanol–water partition coefficient (Wildman–Crippen LogP) is 3.56. The molecule has 1 aliphatic heterocycles. The zero-order valence-electron chi connectivity index (χ0n) is 11.9. The van der Waals surface area contributed by atoms with E-state index in [1.54, 1.807) is 0 Å². The number of hydrogen-bond acceptors (Lipinski definition) is 2. The van der Waals surface area contributed by atoms with E-state index in [9.17, 15) is 0 Å². The summed E-state index contributed by atoms with van der Waals surface area (Å²) in [5.74, 6) is 1.03. The van der Waals surface area contributed by atoms with Crippen LogP contribution in [0.2, 0.25) is 0 Å². The average molecular weight is 247 g/mol. The van der Waals surface area contributed by atoms with Gasteiger partial charge in [-0.2, -0.15) is 0 Å². The molecule has 1 aromatic rings. The van der Waals surface area contributed by atoms with E-state index in [4.69, 9.17) is 4.74 Å². The normalized spacial score (nSPS) is 17.9. The van der Waals surface area contributed by atoms with Crippen molar-refractivity contribution in [2.24, 2.45) is 0 Å². The van der Waals surface area contributed by atoms with E-state index in [-0.39, 0.29) is 0 Å². The van der Waals surface area contributed by atoms with Crippen LogP contribution in [-0.4, -0.2) is 30.6 Å². The Morgan fingerprint density at radius 1 is 1.17 bits per heavy atom. The van der Waals surface area contributed by atoms with Gasteiger partial charge >= 0.3 is 0 Å². The van der Waals surface area contributed by atoms with Crippen LogP contribution in [0.4, 0.5) is 0 Å². The summed E-state index contributed by atoms with van der Waals surface area (Å²) in [4.78, 5) is 2.54. The molecule has 0 aromatic heterocycles. The lowest BCUT2D eigenvalue weighted by atomic mass is 10.1. The minimum atomic E-state index is 0.403. The molecule has 1 saturated heterocycles. The molecule has 1 aromatic carbocycles. The molecule has 2 rings (SSSR count). The first-order valence-corrected chi connectivity index (χ1v) is 7.15. The summed E-state index contributed by atoms with van der Waals surface area (Å²) < 4.78 is 6.09. The largest absolute Gasteiger partial charge is 0.490 e. The molecule has 0 unspecified atom stereocenters. The van der Waals surface area contributed by atoms with Crippen molar-refractivity contribution in [3.8, 4) is 5.75 Å². The molecule has 1 aliphatic rings. The Labute approximate surface area is 111 Å². The topological polar surface area (TPSA) is 12.5 Å². The molecule has 0 spiro atoms. The summed E-state index contributed by atoms with van der Waals surface area (Å²) in [6, 6.07) is 6.41. The van der Waals surface area contributed by atoms with Gasteiger partial charge in [0.2, 0.25) is 0 Å². The van der Waals surface area contributed by atoms with E-state index in [0.29, 0.717) is 6.10 Å². The van der Waals surface area contributed by atoms with E-state index in [1.807, 2.05) is 0 Å². The summed E-state index contributed by atoms with van der Waals surface area (Å²) >= 11 is 0. The Balaban J connectivity index is 1.85. The number of benzene rings is 1.